The molecule has 1 aromatic rings. The van der Waals surface area contributed by atoms with Gasteiger partial charge in [-0.15, -0.1) is 0 Å². The van der Waals surface area contributed by atoms with E-state index in [4.69, 9.17) is 4.52 Å². The second-order valence-electron chi connectivity index (χ2n) is 9.74. The molecule has 4 heteroatoms. The Bertz CT molecular complexity index is 536. The third-order valence-electron chi connectivity index (χ3n) is 6.48. The van der Waals surface area contributed by atoms with Crippen molar-refractivity contribution in [2.45, 2.75) is 90.5 Å². The highest BCUT2D eigenvalue weighted by atomic mass is 16.5. The lowest BCUT2D eigenvalue weighted by Gasteiger charge is -2.39. The van der Waals surface area contributed by atoms with Gasteiger partial charge in [0.05, 0.1) is 6.04 Å². The summed E-state index contributed by atoms with van der Waals surface area (Å²) in [6.07, 6.45) is 11.7. The van der Waals surface area contributed by atoms with Gasteiger partial charge in [0.25, 0.3) is 0 Å². The van der Waals surface area contributed by atoms with Gasteiger partial charge in [-0.1, -0.05) is 45.2 Å². The van der Waals surface area contributed by atoms with Crippen molar-refractivity contribution in [3.05, 3.63) is 11.7 Å². The zero-order chi connectivity index (χ0) is 18.0. The van der Waals surface area contributed by atoms with Crippen molar-refractivity contribution in [1.29, 1.82) is 0 Å². The molecule has 142 valence electrons. The maximum Gasteiger partial charge on any atom is 0.243 e. The Labute approximate surface area is 153 Å². The number of hydrogen-bond acceptors (Lipinski definition) is 4. The van der Waals surface area contributed by atoms with E-state index in [0.29, 0.717) is 0 Å². The van der Waals surface area contributed by atoms with Crippen molar-refractivity contribution in [2.75, 3.05) is 13.6 Å². The summed E-state index contributed by atoms with van der Waals surface area (Å²) in [4.78, 5) is 6.98. The number of rotatable bonds is 6. The van der Waals surface area contributed by atoms with E-state index >= 15 is 0 Å². The lowest BCUT2D eigenvalue weighted by atomic mass is 9.67. The van der Waals surface area contributed by atoms with Crippen LogP contribution in [0, 0.1) is 17.8 Å². The van der Waals surface area contributed by atoms with Crippen LogP contribution in [0.2, 0.25) is 0 Å². The quantitative estimate of drug-likeness (QED) is 0.695. The minimum atomic E-state index is -0.0565. The summed E-state index contributed by atoms with van der Waals surface area (Å²) in [6, 6.07) is 0.189. The Morgan fingerprint density at radius 1 is 1.16 bits per heavy atom. The number of fused-ring (bicyclic) bond motifs is 2. The zero-order valence-electron chi connectivity index (χ0n) is 16.9. The SMILES string of the molecule is CC(c1nc(C(C)(C)C)no1)N(C)CCCC1CC2CCCC(C2)C1. The van der Waals surface area contributed by atoms with Crippen LogP contribution in [0.1, 0.15) is 96.8 Å². The molecule has 0 spiro atoms. The Morgan fingerprint density at radius 2 is 1.84 bits per heavy atom. The van der Waals surface area contributed by atoms with Crippen LogP contribution in [0.25, 0.3) is 0 Å². The van der Waals surface area contributed by atoms with Crippen molar-refractivity contribution in [2.24, 2.45) is 17.8 Å². The standard InChI is InChI=1S/C21H37N3O/c1-15(19-22-20(23-25-19)21(2,3)4)24(5)11-7-10-18-13-16-8-6-9-17(12-16)14-18/h15-18H,6-14H2,1-5H3. The fourth-order valence-electron chi connectivity index (χ4n) is 4.83. The molecule has 3 unspecified atom stereocenters. The average molecular weight is 348 g/mol. The minimum absolute atomic E-state index is 0.0565. The molecular weight excluding hydrogens is 310 g/mol. The topological polar surface area (TPSA) is 42.2 Å². The van der Waals surface area contributed by atoms with Gasteiger partial charge in [-0.25, -0.2) is 0 Å². The van der Waals surface area contributed by atoms with Crippen LogP contribution in [0.5, 0.6) is 0 Å². The molecule has 0 radical (unpaired) electrons. The van der Waals surface area contributed by atoms with E-state index in [1.807, 2.05) is 0 Å². The van der Waals surface area contributed by atoms with E-state index in [2.05, 4.69) is 49.8 Å². The summed E-state index contributed by atoms with van der Waals surface area (Å²) in [7, 11) is 2.18. The van der Waals surface area contributed by atoms with Gasteiger partial charge in [0, 0.05) is 5.41 Å². The molecule has 0 aliphatic heterocycles. The van der Waals surface area contributed by atoms with Crippen LogP contribution < -0.4 is 0 Å². The van der Waals surface area contributed by atoms with Gasteiger partial charge in [-0.3, -0.25) is 4.90 Å². The van der Waals surface area contributed by atoms with Gasteiger partial charge in [0.1, 0.15) is 0 Å². The predicted octanol–water partition coefficient (Wildman–Crippen LogP) is 5.36. The van der Waals surface area contributed by atoms with Crippen molar-refractivity contribution < 1.29 is 4.52 Å². The molecule has 2 fully saturated rings. The van der Waals surface area contributed by atoms with E-state index in [9.17, 15) is 0 Å². The maximum atomic E-state index is 5.52. The maximum absolute atomic E-state index is 5.52. The van der Waals surface area contributed by atoms with E-state index in [1.54, 1.807) is 0 Å². The Morgan fingerprint density at radius 3 is 2.44 bits per heavy atom. The fraction of sp³-hybridized carbons (Fsp3) is 0.905. The van der Waals surface area contributed by atoms with E-state index in [1.165, 1.54) is 51.4 Å². The Hall–Kier alpha value is -0.900. The second-order valence-corrected chi connectivity index (χ2v) is 9.74. The monoisotopic (exact) mass is 347 g/mol. The first kappa shape index (κ1) is 18.9. The van der Waals surface area contributed by atoms with E-state index in [-0.39, 0.29) is 11.5 Å². The zero-order valence-corrected chi connectivity index (χ0v) is 16.9. The molecule has 3 rings (SSSR count). The van der Waals surface area contributed by atoms with Crippen molar-refractivity contribution in [3.63, 3.8) is 0 Å². The highest BCUT2D eigenvalue weighted by Gasteiger charge is 2.31. The molecule has 4 nitrogen and oxygen atoms in total. The predicted molar refractivity (Wildman–Crippen MR) is 101 cm³/mol. The summed E-state index contributed by atoms with van der Waals surface area (Å²) in [5.74, 6) is 4.62. The lowest BCUT2D eigenvalue weighted by Crippen LogP contribution is -2.28. The van der Waals surface area contributed by atoms with Gasteiger partial charge >= 0.3 is 0 Å². The van der Waals surface area contributed by atoms with Crippen LogP contribution in [0.4, 0.5) is 0 Å². The van der Waals surface area contributed by atoms with Crippen molar-refractivity contribution in [3.8, 4) is 0 Å². The molecule has 2 aliphatic carbocycles. The smallest absolute Gasteiger partial charge is 0.243 e. The molecule has 0 amide bonds. The van der Waals surface area contributed by atoms with Gasteiger partial charge in [-0.05, 0) is 70.4 Å². The third-order valence-corrected chi connectivity index (χ3v) is 6.48. The van der Waals surface area contributed by atoms with Crippen LogP contribution in [0.3, 0.4) is 0 Å². The molecule has 1 heterocycles. The average Bonchev–Trinajstić information content (AvgIpc) is 3.04. The molecule has 0 saturated heterocycles. The molecule has 3 atom stereocenters. The number of hydrogen-bond donors (Lipinski definition) is 0. The molecule has 2 saturated carbocycles. The van der Waals surface area contributed by atoms with Crippen LogP contribution >= 0.6 is 0 Å². The summed E-state index contributed by atoms with van der Waals surface area (Å²) in [6.45, 7) is 9.64. The lowest BCUT2D eigenvalue weighted by molar-refractivity contribution is 0.125. The highest BCUT2D eigenvalue weighted by Crippen LogP contribution is 2.43. The molecule has 1 aromatic heterocycles. The first-order valence-corrected chi connectivity index (χ1v) is 10.4. The summed E-state index contributed by atoms with van der Waals surface area (Å²) in [5, 5.41) is 4.16. The second kappa shape index (κ2) is 7.77. The summed E-state index contributed by atoms with van der Waals surface area (Å²) in [5.41, 5.74) is -0.0565. The van der Waals surface area contributed by atoms with E-state index < -0.39 is 0 Å². The first-order valence-electron chi connectivity index (χ1n) is 10.4. The van der Waals surface area contributed by atoms with Gasteiger partial charge in [0.15, 0.2) is 5.82 Å². The highest BCUT2D eigenvalue weighted by molar-refractivity contribution is 5.01. The first-order chi connectivity index (χ1) is 11.8. The van der Waals surface area contributed by atoms with Crippen LogP contribution in [-0.2, 0) is 5.41 Å². The fourth-order valence-corrected chi connectivity index (χ4v) is 4.83. The molecule has 0 aromatic carbocycles. The van der Waals surface area contributed by atoms with Gasteiger partial charge in [-0.2, -0.15) is 4.98 Å². The third kappa shape index (κ3) is 4.84. The van der Waals surface area contributed by atoms with Crippen molar-refractivity contribution >= 4 is 0 Å². The molecule has 25 heavy (non-hydrogen) atoms. The van der Waals surface area contributed by atoms with Crippen LogP contribution in [0.15, 0.2) is 4.52 Å². The van der Waals surface area contributed by atoms with Crippen molar-refractivity contribution in [1.82, 2.24) is 15.0 Å². The number of aromatic nitrogens is 2. The summed E-state index contributed by atoms with van der Waals surface area (Å²) >= 11 is 0. The number of nitrogens with zero attached hydrogens (tertiary/aromatic N) is 3. The van der Waals surface area contributed by atoms with Crippen LogP contribution in [-0.4, -0.2) is 28.6 Å². The normalized spacial score (nSPS) is 28.3. The Kier molecular flexibility index (Phi) is 5.87. The minimum Gasteiger partial charge on any atom is -0.338 e. The molecule has 2 bridgehead atoms. The molecule has 0 N–H and O–H groups in total. The molecular formula is C21H37N3O. The van der Waals surface area contributed by atoms with E-state index in [0.717, 1.165) is 36.0 Å². The summed E-state index contributed by atoms with van der Waals surface area (Å²) < 4.78 is 5.52. The molecule has 2 aliphatic rings. The Balaban J connectivity index is 1.44. The van der Waals surface area contributed by atoms with Gasteiger partial charge in [0.2, 0.25) is 5.89 Å². The largest absolute Gasteiger partial charge is 0.338 e. The van der Waals surface area contributed by atoms with Gasteiger partial charge < -0.3 is 4.52 Å².